The van der Waals surface area contributed by atoms with Gasteiger partial charge in [0, 0.05) is 25.6 Å². The van der Waals surface area contributed by atoms with Crippen LogP contribution in [-0.2, 0) is 23.9 Å². The van der Waals surface area contributed by atoms with Crippen LogP contribution in [-0.4, -0.2) is 67.2 Å². The zero-order valence-corrected chi connectivity index (χ0v) is 28.4. The summed E-state index contributed by atoms with van der Waals surface area (Å²) in [5, 5.41) is 10.2. The van der Waals surface area contributed by atoms with E-state index >= 15 is 0 Å². The van der Waals surface area contributed by atoms with Gasteiger partial charge in [-0.15, -0.1) is 0 Å². The molecule has 0 spiro atoms. The molecule has 0 aromatic carbocycles. The third kappa shape index (κ3) is 4.59. The smallest absolute Gasteiger partial charge is 0.309 e. The van der Waals surface area contributed by atoms with E-state index in [4.69, 9.17) is 9.47 Å². The number of carboxylic acids is 1. The van der Waals surface area contributed by atoms with E-state index in [-0.39, 0.29) is 62.5 Å². The van der Waals surface area contributed by atoms with Crippen molar-refractivity contribution in [2.45, 2.75) is 106 Å². The third-order valence-corrected chi connectivity index (χ3v) is 15.2. The van der Waals surface area contributed by atoms with E-state index in [0.29, 0.717) is 19.4 Å². The number of ether oxygens (including phenoxy) is 2. The second-order valence-electron chi connectivity index (χ2n) is 17.6. The van der Waals surface area contributed by atoms with Crippen molar-refractivity contribution in [3.8, 4) is 0 Å². The highest BCUT2D eigenvalue weighted by Gasteiger charge is 2.70. The van der Waals surface area contributed by atoms with Crippen LogP contribution in [0.5, 0.6) is 0 Å². The maximum absolute atomic E-state index is 14.6. The van der Waals surface area contributed by atoms with E-state index in [0.717, 1.165) is 77.8 Å². The highest BCUT2D eigenvalue weighted by molar-refractivity contribution is 5.95. The second-order valence-corrected chi connectivity index (χ2v) is 17.6. The van der Waals surface area contributed by atoms with Crippen LogP contribution in [0, 0.1) is 56.2 Å². The van der Waals surface area contributed by atoms with Crippen molar-refractivity contribution in [3.05, 3.63) is 11.6 Å². The maximum atomic E-state index is 14.6. The number of rotatable bonds is 5. The number of esters is 1. The van der Waals surface area contributed by atoms with E-state index in [1.54, 1.807) is 0 Å². The molecule has 6 aliphatic rings. The molecule has 0 aromatic rings. The molecular formula is C37H57NO6. The SMILES string of the molecule is CC1(C)[C@@H](C(=O)OCCN2CCOCC2)CC[C@]2(C)[C@H]3C(=O)C=C4[C@@H]5C[C@@](C)(C(=O)O)CC[C@]5(C)CC[C@@]4(C)[C@]3(C)CC[C@@H]12. The summed E-state index contributed by atoms with van der Waals surface area (Å²) in [7, 11) is 0. The van der Waals surface area contributed by atoms with Crippen molar-refractivity contribution in [3.63, 3.8) is 0 Å². The van der Waals surface area contributed by atoms with Gasteiger partial charge >= 0.3 is 11.9 Å². The minimum Gasteiger partial charge on any atom is -0.481 e. The number of aliphatic carboxylic acids is 1. The number of carbonyl (C=O) groups excluding carboxylic acids is 2. The summed E-state index contributed by atoms with van der Waals surface area (Å²) in [6.07, 6.45) is 9.96. The summed E-state index contributed by atoms with van der Waals surface area (Å²) >= 11 is 0. The molecule has 4 saturated carbocycles. The monoisotopic (exact) mass is 611 g/mol. The number of carbonyl (C=O) groups is 3. The molecule has 0 unspecified atom stereocenters. The minimum absolute atomic E-state index is 0.0487. The zero-order chi connectivity index (χ0) is 31.9. The van der Waals surface area contributed by atoms with Gasteiger partial charge in [-0.2, -0.15) is 0 Å². The second kappa shape index (κ2) is 10.7. The number of ketones is 1. The predicted octanol–water partition coefficient (Wildman–Crippen LogP) is 6.54. The number of hydrogen-bond acceptors (Lipinski definition) is 6. The Hall–Kier alpha value is -1.73. The van der Waals surface area contributed by atoms with Gasteiger partial charge in [0.25, 0.3) is 0 Å². The first-order valence-corrected chi connectivity index (χ1v) is 17.5. The molecule has 1 aliphatic heterocycles. The Morgan fingerprint density at radius 1 is 0.955 bits per heavy atom. The first-order chi connectivity index (χ1) is 20.5. The van der Waals surface area contributed by atoms with E-state index in [2.05, 4.69) is 46.4 Å². The fourth-order valence-electron chi connectivity index (χ4n) is 12.0. The van der Waals surface area contributed by atoms with Crippen LogP contribution in [0.2, 0.25) is 0 Å². The third-order valence-electron chi connectivity index (χ3n) is 15.2. The summed E-state index contributed by atoms with van der Waals surface area (Å²) in [6, 6.07) is 0. The highest BCUT2D eigenvalue weighted by Crippen LogP contribution is 2.75. The Morgan fingerprint density at radius 2 is 1.64 bits per heavy atom. The quantitative estimate of drug-likeness (QED) is 0.353. The number of carboxylic acid groups (broad SMARTS) is 1. The highest BCUT2D eigenvalue weighted by atomic mass is 16.5. The van der Waals surface area contributed by atoms with E-state index in [1.807, 2.05) is 13.0 Å². The van der Waals surface area contributed by atoms with E-state index in [9.17, 15) is 19.5 Å². The largest absolute Gasteiger partial charge is 0.481 e. The van der Waals surface area contributed by atoms with Crippen LogP contribution in [0.1, 0.15) is 106 Å². The molecule has 0 aromatic heterocycles. The summed E-state index contributed by atoms with van der Waals surface area (Å²) in [5.74, 6) is -0.414. The molecule has 44 heavy (non-hydrogen) atoms. The van der Waals surface area contributed by atoms with Crippen molar-refractivity contribution < 1.29 is 29.0 Å². The molecule has 1 heterocycles. The molecule has 1 saturated heterocycles. The van der Waals surface area contributed by atoms with Gasteiger partial charge in [0.1, 0.15) is 6.61 Å². The van der Waals surface area contributed by atoms with E-state index < -0.39 is 11.4 Å². The van der Waals surface area contributed by atoms with E-state index in [1.165, 1.54) is 5.57 Å². The fraction of sp³-hybridized carbons (Fsp3) is 0.865. The van der Waals surface area contributed by atoms with Gasteiger partial charge in [0.2, 0.25) is 0 Å². The molecule has 6 rings (SSSR count). The Labute approximate surface area is 264 Å². The standard InChI is InChI=1S/C37H57NO6/c1-32(2)24(30(40)44-21-18-38-16-19-43-20-17-38)8-10-35(5)28(32)9-11-37(7)29(35)27(39)22-25-26-23-34(4,31(41)42)13-12-33(26,3)14-15-36(25,37)6/h22,24,26,28-29H,8-21,23H2,1-7H3,(H,41,42)/t24-,26+,28+,29-,33-,34+,35+,36-,37-/m1/s1. The van der Waals surface area contributed by atoms with Crippen molar-refractivity contribution in [2.75, 3.05) is 39.5 Å². The lowest BCUT2D eigenvalue weighted by Crippen LogP contribution is -2.66. The van der Waals surface area contributed by atoms with Crippen LogP contribution in [0.4, 0.5) is 0 Å². The van der Waals surface area contributed by atoms with Gasteiger partial charge < -0.3 is 14.6 Å². The number of hydrogen-bond donors (Lipinski definition) is 1. The Kier molecular flexibility index (Phi) is 7.80. The first-order valence-electron chi connectivity index (χ1n) is 17.5. The fourth-order valence-corrected chi connectivity index (χ4v) is 12.0. The number of morpholine rings is 1. The molecule has 0 amide bonds. The zero-order valence-electron chi connectivity index (χ0n) is 28.4. The first kappa shape index (κ1) is 32.2. The Balaban J connectivity index is 1.26. The van der Waals surface area contributed by atoms with Crippen molar-refractivity contribution in [2.24, 2.45) is 56.2 Å². The molecule has 0 bridgehead atoms. The average Bonchev–Trinajstić information content (AvgIpc) is 2.95. The van der Waals surface area contributed by atoms with Gasteiger partial charge in [-0.25, -0.2) is 0 Å². The van der Waals surface area contributed by atoms with Gasteiger partial charge in [0.15, 0.2) is 5.78 Å². The normalized spacial score (nSPS) is 46.9. The van der Waals surface area contributed by atoms with Crippen LogP contribution in [0.25, 0.3) is 0 Å². The number of allylic oxidation sites excluding steroid dienone is 2. The lowest BCUT2D eigenvalue weighted by atomic mass is 9.33. The summed E-state index contributed by atoms with van der Waals surface area (Å²) in [6.45, 7) is 20.3. The molecule has 5 aliphatic carbocycles. The van der Waals surface area contributed by atoms with Gasteiger partial charge in [0.05, 0.1) is 24.5 Å². The minimum atomic E-state index is -0.743. The summed E-state index contributed by atoms with van der Waals surface area (Å²) < 4.78 is 11.4. The molecule has 5 fully saturated rings. The molecule has 9 atom stereocenters. The molecule has 246 valence electrons. The Bertz CT molecular complexity index is 1240. The van der Waals surface area contributed by atoms with Crippen LogP contribution >= 0.6 is 0 Å². The lowest BCUT2D eigenvalue weighted by Gasteiger charge is -2.70. The molecular weight excluding hydrogens is 554 g/mol. The number of fused-ring (bicyclic) bond motifs is 7. The molecule has 0 radical (unpaired) electrons. The van der Waals surface area contributed by atoms with Gasteiger partial charge in [-0.1, -0.05) is 47.1 Å². The summed E-state index contributed by atoms with van der Waals surface area (Å²) in [5.41, 5.74) is -0.250. The summed E-state index contributed by atoms with van der Waals surface area (Å²) in [4.78, 5) is 42.8. The topological polar surface area (TPSA) is 93.1 Å². The molecule has 7 heteroatoms. The lowest BCUT2D eigenvalue weighted by molar-refractivity contribution is -0.199. The molecule has 7 nitrogen and oxygen atoms in total. The van der Waals surface area contributed by atoms with Crippen LogP contribution in [0.15, 0.2) is 11.6 Å². The van der Waals surface area contributed by atoms with Crippen LogP contribution < -0.4 is 0 Å². The van der Waals surface area contributed by atoms with Crippen molar-refractivity contribution in [1.29, 1.82) is 0 Å². The van der Waals surface area contributed by atoms with Gasteiger partial charge in [-0.05, 0) is 110 Å². The van der Waals surface area contributed by atoms with Gasteiger partial charge in [-0.3, -0.25) is 19.3 Å². The average molecular weight is 612 g/mol. The maximum Gasteiger partial charge on any atom is 0.309 e. The molecule has 1 N–H and O–H groups in total. The van der Waals surface area contributed by atoms with Crippen molar-refractivity contribution >= 4 is 17.7 Å². The van der Waals surface area contributed by atoms with Crippen molar-refractivity contribution in [1.82, 2.24) is 4.90 Å². The number of nitrogens with zero attached hydrogens (tertiary/aromatic N) is 1. The predicted molar refractivity (Wildman–Crippen MR) is 169 cm³/mol. The Morgan fingerprint density at radius 3 is 2.32 bits per heavy atom. The van der Waals surface area contributed by atoms with Crippen LogP contribution in [0.3, 0.4) is 0 Å².